The van der Waals surface area contributed by atoms with Crippen LogP contribution in [0.3, 0.4) is 0 Å². The molecule has 0 radical (unpaired) electrons. The number of furan rings is 1. The van der Waals surface area contributed by atoms with Gasteiger partial charge in [0.15, 0.2) is 5.76 Å². The normalized spacial score (nSPS) is 10.3. The van der Waals surface area contributed by atoms with Crippen molar-refractivity contribution in [1.82, 2.24) is 21.0 Å². The summed E-state index contributed by atoms with van der Waals surface area (Å²) >= 11 is 6.12. The van der Waals surface area contributed by atoms with E-state index in [-0.39, 0.29) is 5.91 Å². The lowest BCUT2D eigenvalue weighted by Crippen LogP contribution is -2.35. The highest BCUT2D eigenvalue weighted by atomic mass is 35.5. The number of aromatic amines is 1. The zero-order chi connectivity index (χ0) is 16.2. The number of benzene rings is 1. The maximum absolute atomic E-state index is 12.1. The third-order valence-corrected chi connectivity index (χ3v) is 3.45. The van der Waals surface area contributed by atoms with Gasteiger partial charge in [-0.25, -0.2) is 0 Å². The molecule has 0 unspecified atom stereocenters. The molecule has 0 spiro atoms. The first-order valence-corrected chi connectivity index (χ1v) is 7.12. The van der Waals surface area contributed by atoms with E-state index in [1.807, 2.05) is 18.2 Å². The molecule has 2 aromatic heterocycles. The molecule has 23 heavy (non-hydrogen) atoms. The highest BCUT2D eigenvalue weighted by molar-refractivity contribution is 6.33. The SMILES string of the molecule is C=C(NNC(=O)c1cc(-c2ccccc2Cl)n[nH]1)c1ccco1. The number of nitrogens with zero attached hydrogens (tertiary/aromatic N) is 1. The molecular formula is C16H13ClN4O2. The van der Waals surface area contributed by atoms with Crippen molar-refractivity contribution in [2.75, 3.05) is 0 Å². The summed E-state index contributed by atoms with van der Waals surface area (Å²) < 4.78 is 5.16. The number of carbonyl (C=O) groups excluding carboxylic acids is 1. The highest BCUT2D eigenvalue weighted by Gasteiger charge is 2.13. The topological polar surface area (TPSA) is 83.0 Å². The predicted molar refractivity (Wildman–Crippen MR) is 87.4 cm³/mol. The molecule has 3 N–H and O–H groups in total. The Morgan fingerprint density at radius 2 is 2.04 bits per heavy atom. The second kappa shape index (κ2) is 6.41. The predicted octanol–water partition coefficient (Wildman–Crippen LogP) is 3.23. The van der Waals surface area contributed by atoms with Crippen molar-refractivity contribution in [3.05, 3.63) is 71.8 Å². The number of rotatable bonds is 5. The lowest BCUT2D eigenvalue weighted by atomic mass is 10.1. The fourth-order valence-electron chi connectivity index (χ4n) is 1.96. The molecule has 0 aliphatic carbocycles. The van der Waals surface area contributed by atoms with E-state index in [1.165, 1.54) is 6.26 Å². The molecule has 0 bridgehead atoms. The molecule has 2 heterocycles. The largest absolute Gasteiger partial charge is 0.463 e. The van der Waals surface area contributed by atoms with E-state index in [2.05, 4.69) is 27.6 Å². The number of nitrogens with one attached hydrogen (secondary N) is 3. The standard InChI is InChI=1S/C16H13ClN4O2/c1-10(15-7-4-8-23-15)18-21-16(22)14-9-13(19-20-14)11-5-2-3-6-12(11)17/h2-9,18H,1H2,(H,19,20)(H,21,22). The molecule has 0 saturated carbocycles. The second-order valence-electron chi connectivity index (χ2n) is 4.68. The van der Waals surface area contributed by atoms with Gasteiger partial charge in [0, 0.05) is 5.56 Å². The Labute approximate surface area is 137 Å². The molecule has 7 heteroatoms. The first-order chi connectivity index (χ1) is 11.1. The number of carbonyl (C=O) groups is 1. The molecule has 1 aromatic carbocycles. The molecule has 0 atom stereocenters. The van der Waals surface area contributed by atoms with Crippen molar-refractivity contribution in [2.45, 2.75) is 0 Å². The molecule has 3 rings (SSSR count). The molecule has 0 aliphatic heterocycles. The summed E-state index contributed by atoms with van der Waals surface area (Å²) in [4.78, 5) is 12.1. The minimum Gasteiger partial charge on any atom is -0.463 e. The third-order valence-electron chi connectivity index (χ3n) is 3.12. The van der Waals surface area contributed by atoms with Gasteiger partial charge in [0.25, 0.3) is 5.91 Å². The fourth-order valence-corrected chi connectivity index (χ4v) is 2.19. The van der Waals surface area contributed by atoms with Gasteiger partial charge in [-0.3, -0.25) is 20.7 Å². The van der Waals surface area contributed by atoms with Crippen molar-refractivity contribution in [3.8, 4) is 11.3 Å². The summed E-state index contributed by atoms with van der Waals surface area (Å²) in [6.45, 7) is 3.76. The van der Waals surface area contributed by atoms with Crippen LogP contribution in [0.1, 0.15) is 16.2 Å². The Morgan fingerprint density at radius 1 is 1.22 bits per heavy atom. The average molecular weight is 329 g/mol. The number of hydrogen-bond acceptors (Lipinski definition) is 4. The number of halogens is 1. The lowest BCUT2D eigenvalue weighted by Gasteiger charge is -2.07. The third kappa shape index (κ3) is 3.27. The van der Waals surface area contributed by atoms with Crippen molar-refractivity contribution < 1.29 is 9.21 Å². The summed E-state index contributed by atoms with van der Waals surface area (Å²) in [5.74, 6) is 0.148. The van der Waals surface area contributed by atoms with Gasteiger partial charge < -0.3 is 4.42 Å². The smallest absolute Gasteiger partial charge is 0.287 e. The summed E-state index contributed by atoms with van der Waals surface area (Å²) in [7, 11) is 0. The Balaban J connectivity index is 1.67. The molecular weight excluding hydrogens is 316 g/mol. The summed E-state index contributed by atoms with van der Waals surface area (Å²) in [5, 5.41) is 7.35. The summed E-state index contributed by atoms with van der Waals surface area (Å²) in [5.41, 5.74) is 7.26. The Bertz CT molecular complexity index is 839. The maximum Gasteiger partial charge on any atom is 0.287 e. The van der Waals surface area contributed by atoms with Gasteiger partial charge in [-0.1, -0.05) is 36.4 Å². The van der Waals surface area contributed by atoms with Crippen LogP contribution >= 0.6 is 11.6 Å². The molecule has 1 amide bonds. The van der Waals surface area contributed by atoms with Gasteiger partial charge in [0.2, 0.25) is 0 Å². The molecule has 3 aromatic rings. The minimum absolute atomic E-state index is 0.291. The molecule has 116 valence electrons. The molecule has 0 aliphatic rings. The first-order valence-electron chi connectivity index (χ1n) is 6.74. The van der Waals surface area contributed by atoms with Gasteiger partial charge in [0.1, 0.15) is 5.69 Å². The Morgan fingerprint density at radius 3 is 2.78 bits per heavy atom. The van der Waals surface area contributed by atoms with E-state index < -0.39 is 0 Å². The van der Waals surface area contributed by atoms with Crippen LogP contribution in [0.2, 0.25) is 5.02 Å². The zero-order valence-electron chi connectivity index (χ0n) is 12.0. The highest BCUT2D eigenvalue weighted by Crippen LogP contribution is 2.26. The van der Waals surface area contributed by atoms with Crippen LogP contribution in [0.4, 0.5) is 0 Å². The van der Waals surface area contributed by atoms with Gasteiger partial charge in [-0.15, -0.1) is 0 Å². The van der Waals surface area contributed by atoms with Crippen molar-refractivity contribution in [3.63, 3.8) is 0 Å². The Kier molecular flexibility index (Phi) is 4.16. The molecule has 6 nitrogen and oxygen atoms in total. The maximum atomic E-state index is 12.1. The van der Waals surface area contributed by atoms with Crippen LogP contribution in [-0.2, 0) is 0 Å². The van der Waals surface area contributed by atoms with E-state index >= 15 is 0 Å². The van der Waals surface area contributed by atoms with E-state index in [0.29, 0.717) is 27.9 Å². The lowest BCUT2D eigenvalue weighted by molar-refractivity contribution is 0.0937. The van der Waals surface area contributed by atoms with Crippen LogP contribution in [0.25, 0.3) is 17.0 Å². The molecule has 0 saturated heterocycles. The van der Waals surface area contributed by atoms with E-state index in [4.69, 9.17) is 16.0 Å². The van der Waals surface area contributed by atoms with Crippen LogP contribution in [0.15, 0.2) is 59.7 Å². The van der Waals surface area contributed by atoms with Crippen molar-refractivity contribution >= 4 is 23.2 Å². The number of amides is 1. The number of hydrogen-bond donors (Lipinski definition) is 3. The van der Waals surface area contributed by atoms with Crippen LogP contribution in [0.5, 0.6) is 0 Å². The van der Waals surface area contributed by atoms with Gasteiger partial charge >= 0.3 is 0 Å². The summed E-state index contributed by atoms with van der Waals surface area (Å²) in [6.07, 6.45) is 1.52. The van der Waals surface area contributed by atoms with E-state index in [0.717, 1.165) is 5.56 Å². The van der Waals surface area contributed by atoms with Crippen LogP contribution in [0, 0.1) is 0 Å². The number of hydrazine groups is 1. The fraction of sp³-hybridized carbons (Fsp3) is 0. The quantitative estimate of drug-likeness (QED) is 0.628. The van der Waals surface area contributed by atoms with Crippen LogP contribution in [-0.4, -0.2) is 16.1 Å². The number of aromatic nitrogens is 2. The zero-order valence-corrected chi connectivity index (χ0v) is 12.7. The van der Waals surface area contributed by atoms with Crippen molar-refractivity contribution in [1.29, 1.82) is 0 Å². The first kappa shape index (κ1) is 14.9. The number of H-pyrrole nitrogens is 1. The van der Waals surface area contributed by atoms with Crippen LogP contribution < -0.4 is 10.9 Å². The van der Waals surface area contributed by atoms with Gasteiger partial charge in [-0.2, -0.15) is 5.10 Å². The monoisotopic (exact) mass is 328 g/mol. The average Bonchev–Trinajstić information content (AvgIpc) is 3.24. The van der Waals surface area contributed by atoms with Crippen molar-refractivity contribution in [2.24, 2.45) is 0 Å². The second-order valence-corrected chi connectivity index (χ2v) is 5.09. The van der Waals surface area contributed by atoms with Gasteiger partial charge in [-0.05, 0) is 24.3 Å². The minimum atomic E-state index is -0.386. The Hall–Kier alpha value is -2.99. The van der Waals surface area contributed by atoms with E-state index in [9.17, 15) is 4.79 Å². The summed E-state index contributed by atoms with van der Waals surface area (Å²) in [6, 6.07) is 12.4. The van der Waals surface area contributed by atoms with Gasteiger partial charge in [0.05, 0.1) is 22.7 Å². The van der Waals surface area contributed by atoms with E-state index in [1.54, 1.807) is 24.3 Å². The molecule has 0 fully saturated rings.